The molecule has 1 spiro atoms. The van der Waals surface area contributed by atoms with E-state index >= 15 is 0 Å². The van der Waals surface area contributed by atoms with Crippen LogP contribution in [0.25, 0.3) is 0 Å². The molecule has 1 amide bonds. The first-order valence-electron chi connectivity index (χ1n) is 11.3. The van der Waals surface area contributed by atoms with Gasteiger partial charge < -0.3 is 14.5 Å². The first-order valence-corrected chi connectivity index (χ1v) is 11.3. The molecule has 6 nitrogen and oxygen atoms in total. The summed E-state index contributed by atoms with van der Waals surface area (Å²) < 4.78 is 8.03. The first-order chi connectivity index (χ1) is 13.6. The number of amides is 1. The van der Waals surface area contributed by atoms with Gasteiger partial charge in [0.05, 0.1) is 29.6 Å². The van der Waals surface area contributed by atoms with Gasteiger partial charge in [-0.15, -0.1) is 0 Å². The maximum absolute atomic E-state index is 12.8. The Bertz CT molecular complexity index is 725. The highest BCUT2D eigenvalue weighted by Gasteiger charge is 2.52. The predicted molar refractivity (Wildman–Crippen MR) is 128 cm³/mol. The highest BCUT2D eigenvalue weighted by atomic mass is 16.6. The Morgan fingerprint density at radius 2 is 1.76 bits per heavy atom. The van der Waals surface area contributed by atoms with Crippen LogP contribution in [0.1, 0.15) is 38.1 Å². The third-order valence-electron chi connectivity index (χ3n) is 8.10. The second-order valence-electron chi connectivity index (χ2n) is 11.1. The van der Waals surface area contributed by atoms with Crippen LogP contribution in [0.4, 0.5) is 4.79 Å². The minimum absolute atomic E-state index is 0.0794. The summed E-state index contributed by atoms with van der Waals surface area (Å²) in [5, 5.41) is 3.87. The highest BCUT2D eigenvalue weighted by molar-refractivity contribution is 6.67. The smallest absolute Gasteiger partial charge is 0.408 e. The lowest BCUT2D eigenvalue weighted by Crippen LogP contribution is -2.55. The SMILES string of the molecule is BC(B)(B)C(B)(B)OC(=O)N1CCC2(CC(N3CCC(n4cccn4)CC3)C2)C1. The van der Waals surface area contributed by atoms with Gasteiger partial charge in [-0.25, -0.2) is 4.79 Å². The Hall–Kier alpha value is -1.24. The van der Waals surface area contributed by atoms with E-state index in [0.717, 1.165) is 32.6 Å². The molecule has 0 unspecified atom stereocenters. The molecule has 0 bridgehead atoms. The molecule has 4 rings (SSSR count). The summed E-state index contributed by atoms with van der Waals surface area (Å²) in [4.78, 5) is 17.4. The largest absolute Gasteiger partial charge is 0.463 e. The van der Waals surface area contributed by atoms with E-state index < -0.39 is 5.40 Å². The molecule has 0 N–H and O–H groups in total. The summed E-state index contributed by atoms with van der Waals surface area (Å²) in [7, 11) is 10.4. The van der Waals surface area contributed by atoms with Gasteiger partial charge >= 0.3 is 6.09 Å². The highest BCUT2D eigenvalue weighted by Crippen LogP contribution is 2.51. The van der Waals surface area contributed by atoms with Crippen LogP contribution in [0.2, 0.25) is 5.11 Å². The number of hydrogen-bond donors (Lipinski definition) is 0. The van der Waals surface area contributed by atoms with Crippen molar-refractivity contribution in [2.45, 2.75) is 54.7 Å². The molecule has 3 heterocycles. The second-order valence-corrected chi connectivity index (χ2v) is 11.1. The maximum atomic E-state index is 12.8. The number of carbonyl (C=O) groups is 1. The second kappa shape index (κ2) is 7.47. The minimum Gasteiger partial charge on any atom is -0.463 e. The monoisotopic (exact) mass is 392 g/mol. The van der Waals surface area contributed by atoms with Gasteiger partial charge in [-0.1, -0.05) is 5.11 Å². The fourth-order valence-electron chi connectivity index (χ4n) is 5.07. The zero-order valence-electron chi connectivity index (χ0n) is 18.9. The molecule has 11 heteroatoms. The summed E-state index contributed by atoms with van der Waals surface area (Å²) in [5.41, 5.74) is 0.328. The molecule has 3 fully saturated rings. The van der Waals surface area contributed by atoms with Gasteiger partial charge in [0.1, 0.15) is 15.7 Å². The third kappa shape index (κ3) is 4.17. The molecule has 0 radical (unpaired) electrons. The van der Waals surface area contributed by atoms with E-state index in [4.69, 9.17) is 4.74 Å². The molecule has 1 aromatic rings. The minimum atomic E-state index is -0.471. The summed E-state index contributed by atoms with van der Waals surface area (Å²) in [5.74, 6) is 0. The van der Waals surface area contributed by atoms with E-state index in [9.17, 15) is 4.79 Å². The standard InChI is InChI=1S/C18H33B5N4O2/c19-17(20,21)18(22,23)29-15(28)26-9-4-16(12-26)10-14(11-16)25-7-2-13(3-8-25)27-6-1-5-24-27/h1,5-6,13-14H,2-4,7-12,19-23H2. The van der Waals surface area contributed by atoms with Gasteiger partial charge in [0, 0.05) is 50.0 Å². The Morgan fingerprint density at radius 3 is 2.34 bits per heavy atom. The number of hydrogen-bond acceptors (Lipinski definition) is 4. The van der Waals surface area contributed by atoms with Crippen LogP contribution in [-0.4, -0.2) is 103 Å². The zero-order valence-corrected chi connectivity index (χ0v) is 18.9. The number of ether oxygens (including phenoxy) is 1. The number of carbonyl (C=O) groups excluding carboxylic acids is 1. The number of likely N-dealkylation sites (tertiary alicyclic amines) is 2. The van der Waals surface area contributed by atoms with Crippen molar-refractivity contribution >= 4 is 45.3 Å². The van der Waals surface area contributed by atoms with Gasteiger partial charge in [-0.05, 0) is 43.6 Å². The van der Waals surface area contributed by atoms with Crippen LogP contribution in [0.5, 0.6) is 0 Å². The number of nitrogens with zero attached hydrogens (tertiary/aromatic N) is 4. The number of rotatable bonds is 4. The third-order valence-corrected chi connectivity index (χ3v) is 8.10. The molecule has 2 aliphatic heterocycles. The number of aromatic nitrogens is 2. The van der Waals surface area contributed by atoms with E-state index in [0.29, 0.717) is 17.5 Å². The van der Waals surface area contributed by atoms with Crippen LogP contribution in [0.15, 0.2) is 18.5 Å². The van der Waals surface area contributed by atoms with E-state index in [1.165, 1.54) is 25.7 Å². The molecule has 2 saturated heterocycles. The van der Waals surface area contributed by atoms with Gasteiger partial charge in [-0.3, -0.25) is 4.68 Å². The lowest BCUT2D eigenvalue weighted by atomic mass is 9.28. The quantitative estimate of drug-likeness (QED) is 0.529. The van der Waals surface area contributed by atoms with Crippen LogP contribution in [0.3, 0.4) is 0 Å². The van der Waals surface area contributed by atoms with Crippen molar-refractivity contribution in [1.82, 2.24) is 19.6 Å². The Morgan fingerprint density at radius 1 is 1.07 bits per heavy atom. The Kier molecular flexibility index (Phi) is 5.41. The van der Waals surface area contributed by atoms with Crippen molar-refractivity contribution in [3.05, 3.63) is 18.5 Å². The lowest BCUT2D eigenvalue weighted by molar-refractivity contribution is -0.00992. The van der Waals surface area contributed by atoms with E-state index in [-0.39, 0.29) is 11.2 Å². The van der Waals surface area contributed by atoms with E-state index in [1.54, 1.807) is 0 Å². The predicted octanol–water partition coefficient (Wildman–Crippen LogP) is -2.60. The Labute approximate surface area is 179 Å². The first kappa shape index (κ1) is 21.0. The summed E-state index contributed by atoms with van der Waals surface area (Å²) in [6.07, 6.45) is 9.78. The fourth-order valence-corrected chi connectivity index (χ4v) is 5.07. The van der Waals surface area contributed by atoms with Crippen LogP contribution >= 0.6 is 0 Å². The van der Waals surface area contributed by atoms with Crippen molar-refractivity contribution in [1.29, 1.82) is 0 Å². The fraction of sp³-hybridized carbons (Fsp3) is 0.778. The average Bonchev–Trinajstić information content (AvgIpc) is 3.29. The molecule has 0 aromatic carbocycles. The van der Waals surface area contributed by atoms with Crippen LogP contribution in [-0.2, 0) is 4.74 Å². The molecule has 1 saturated carbocycles. The van der Waals surface area contributed by atoms with Crippen LogP contribution in [0, 0.1) is 5.41 Å². The summed E-state index contributed by atoms with van der Waals surface area (Å²) >= 11 is 0. The van der Waals surface area contributed by atoms with Gasteiger partial charge in [0.15, 0.2) is 0 Å². The van der Waals surface area contributed by atoms with E-state index in [2.05, 4.69) is 44.4 Å². The van der Waals surface area contributed by atoms with E-state index in [1.807, 2.05) is 32.9 Å². The molecular weight excluding hydrogens is 358 g/mol. The van der Waals surface area contributed by atoms with Crippen LogP contribution < -0.4 is 0 Å². The van der Waals surface area contributed by atoms with Crippen molar-refractivity contribution in [3.63, 3.8) is 0 Å². The zero-order chi connectivity index (χ0) is 20.9. The van der Waals surface area contributed by atoms with Gasteiger partial charge in [0.25, 0.3) is 0 Å². The lowest BCUT2D eigenvalue weighted by Gasteiger charge is -2.51. The van der Waals surface area contributed by atoms with Gasteiger partial charge in [0.2, 0.25) is 0 Å². The summed E-state index contributed by atoms with van der Waals surface area (Å²) in [6.45, 7) is 4.03. The maximum Gasteiger partial charge on any atom is 0.408 e. The molecular formula is C18H33B5N4O2. The van der Waals surface area contributed by atoms with Crippen molar-refractivity contribution < 1.29 is 9.53 Å². The molecule has 1 aromatic heterocycles. The molecule has 1 aliphatic carbocycles. The summed E-state index contributed by atoms with van der Waals surface area (Å²) in [6, 6.07) is 3.26. The number of piperidine rings is 1. The normalized spacial score (nSPS) is 29.1. The van der Waals surface area contributed by atoms with Gasteiger partial charge in [-0.2, -0.15) is 5.10 Å². The van der Waals surface area contributed by atoms with Crippen molar-refractivity contribution in [3.8, 4) is 0 Å². The van der Waals surface area contributed by atoms with Crippen molar-refractivity contribution in [2.24, 2.45) is 5.41 Å². The molecule has 152 valence electrons. The molecule has 3 aliphatic rings. The Balaban J connectivity index is 1.24. The molecule has 0 atom stereocenters. The van der Waals surface area contributed by atoms with Crippen molar-refractivity contribution in [2.75, 3.05) is 26.2 Å². The molecule has 29 heavy (non-hydrogen) atoms. The topological polar surface area (TPSA) is 50.6 Å². The average molecular weight is 392 g/mol.